The van der Waals surface area contributed by atoms with Crippen molar-refractivity contribution in [3.63, 3.8) is 0 Å². The molecule has 0 fully saturated rings. The molecule has 1 aromatic rings. The molecule has 0 aliphatic rings. The number of benzene rings is 1. The summed E-state index contributed by atoms with van der Waals surface area (Å²) in [5.41, 5.74) is -0.911. The van der Waals surface area contributed by atoms with Gasteiger partial charge in [-0.2, -0.15) is 13.2 Å². The van der Waals surface area contributed by atoms with Gasteiger partial charge in [-0.05, 0) is 18.1 Å². The van der Waals surface area contributed by atoms with Crippen molar-refractivity contribution < 1.29 is 22.3 Å². The minimum Gasteiger partial charge on any atom is -0.496 e. The molecule has 0 radical (unpaired) electrons. The first-order chi connectivity index (χ1) is 6.90. The van der Waals surface area contributed by atoms with Crippen LogP contribution in [0, 0.1) is 5.82 Å². The van der Waals surface area contributed by atoms with Crippen LogP contribution in [0.25, 0.3) is 0 Å². The maximum absolute atomic E-state index is 13.0. The van der Waals surface area contributed by atoms with Gasteiger partial charge in [0.25, 0.3) is 0 Å². The summed E-state index contributed by atoms with van der Waals surface area (Å²) in [6.07, 6.45) is -4.31. The van der Waals surface area contributed by atoms with E-state index in [4.69, 9.17) is 4.74 Å². The maximum Gasteiger partial charge on any atom is 0.419 e. The Kier molecular flexibility index (Phi) is 3.21. The smallest absolute Gasteiger partial charge is 0.419 e. The van der Waals surface area contributed by atoms with Crippen molar-refractivity contribution in [3.05, 3.63) is 29.1 Å². The molecule has 0 amide bonds. The second-order valence-electron chi connectivity index (χ2n) is 3.00. The van der Waals surface area contributed by atoms with E-state index in [1.54, 1.807) is 6.92 Å². The average molecular weight is 222 g/mol. The van der Waals surface area contributed by atoms with Crippen LogP contribution in [0.4, 0.5) is 17.6 Å². The van der Waals surface area contributed by atoms with Crippen molar-refractivity contribution >= 4 is 0 Å². The lowest BCUT2D eigenvalue weighted by Crippen LogP contribution is -2.09. The Morgan fingerprint density at radius 3 is 2.27 bits per heavy atom. The minimum atomic E-state index is -4.67. The van der Waals surface area contributed by atoms with Gasteiger partial charge in [0.15, 0.2) is 0 Å². The summed E-state index contributed by atoms with van der Waals surface area (Å²) in [6, 6.07) is 1.55. The molecule has 5 heteroatoms. The molecule has 0 unspecified atom stereocenters. The molecule has 0 saturated carbocycles. The lowest BCUT2D eigenvalue weighted by Gasteiger charge is -2.12. The summed E-state index contributed by atoms with van der Waals surface area (Å²) in [6.45, 7) is 1.68. The average Bonchev–Trinajstić information content (AvgIpc) is 2.15. The molecule has 0 aromatic heterocycles. The number of ether oxygens (including phenoxy) is 1. The van der Waals surface area contributed by atoms with Gasteiger partial charge in [0.1, 0.15) is 11.6 Å². The van der Waals surface area contributed by atoms with E-state index in [9.17, 15) is 17.6 Å². The highest BCUT2D eigenvalue weighted by Crippen LogP contribution is 2.35. The molecule has 0 spiro atoms. The van der Waals surface area contributed by atoms with E-state index in [1.807, 2.05) is 0 Å². The molecule has 0 aliphatic heterocycles. The number of halogens is 4. The summed E-state index contributed by atoms with van der Waals surface area (Å²) in [7, 11) is 1.29. The summed E-state index contributed by atoms with van der Waals surface area (Å²) >= 11 is 0. The van der Waals surface area contributed by atoms with Crippen molar-refractivity contribution in [2.45, 2.75) is 19.5 Å². The van der Waals surface area contributed by atoms with Crippen molar-refractivity contribution in [3.8, 4) is 5.75 Å². The first-order valence-corrected chi connectivity index (χ1v) is 4.33. The lowest BCUT2D eigenvalue weighted by atomic mass is 10.1. The zero-order valence-electron chi connectivity index (χ0n) is 8.28. The van der Waals surface area contributed by atoms with Crippen LogP contribution in [-0.2, 0) is 12.6 Å². The molecule has 0 saturated heterocycles. The van der Waals surface area contributed by atoms with Gasteiger partial charge in [-0.25, -0.2) is 4.39 Å². The van der Waals surface area contributed by atoms with Crippen LogP contribution in [0.2, 0.25) is 0 Å². The fraction of sp³-hybridized carbons (Fsp3) is 0.400. The summed E-state index contributed by atoms with van der Waals surface area (Å²) in [4.78, 5) is 0. The molecule has 84 valence electrons. The van der Waals surface area contributed by atoms with E-state index in [2.05, 4.69) is 0 Å². The SMILES string of the molecule is CCc1cc(C(F)(F)F)c(F)cc1OC. The maximum atomic E-state index is 13.0. The van der Waals surface area contributed by atoms with E-state index in [1.165, 1.54) is 7.11 Å². The minimum absolute atomic E-state index is 0.142. The molecular weight excluding hydrogens is 212 g/mol. The molecule has 0 aliphatic carbocycles. The fourth-order valence-electron chi connectivity index (χ4n) is 1.28. The second-order valence-corrected chi connectivity index (χ2v) is 3.00. The summed E-state index contributed by atoms with van der Waals surface area (Å²) in [5, 5.41) is 0. The quantitative estimate of drug-likeness (QED) is 0.696. The summed E-state index contributed by atoms with van der Waals surface area (Å²) < 4.78 is 54.8. The molecule has 1 nitrogen and oxygen atoms in total. The van der Waals surface area contributed by atoms with Gasteiger partial charge >= 0.3 is 6.18 Å². The van der Waals surface area contributed by atoms with Gasteiger partial charge in [-0.3, -0.25) is 0 Å². The van der Waals surface area contributed by atoms with Crippen LogP contribution in [0.15, 0.2) is 12.1 Å². The van der Waals surface area contributed by atoms with Crippen molar-refractivity contribution in [1.82, 2.24) is 0 Å². The van der Waals surface area contributed by atoms with E-state index in [0.29, 0.717) is 12.0 Å². The zero-order valence-corrected chi connectivity index (χ0v) is 8.28. The van der Waals surface area contributed by atoms with E-state index >= 15 is 0 Å². The fourth-order valence-corrected chi connectivity index (χ4v) is 1.28. The van der Waals surface area contributed by atoms with Crippen LogP contribution < -0.4 is 4.74 Å². The Balaban J connectivity index is 3.32. The van der Waals surface area contributed by atoms with Crippen molar-refractivity contribution in [2.24, 2.45) is 0 Å². The largest absolute Gasteiger partial charge is 0.496 e. The van der Waals surface area contributed by atoms with Crippen LogP contribution >= 0.6 is 0 Å². The Morgan fingerprint density at radius 1 is 1.27 bits per heavy atom. The Hall–Kier alpha value is -1.26. The van der Waals surface area contributed by atoms with Crippen LogP contribution in [0.1, 0.15) is 18.1 Å². The monoisotopic (exact) mass is 222 g/mol. The van der Waals surface area contributed by atoms with Gasteiger partial charge < -0.3 is 4.74 Å². The third kappa shape index (κ3) is 2.40. The molecule has 0 bridgehead atoms. The highest BCUT2D eigenvalue weighted by molar-refractivity contribution is 5.39. The first kappa shape index (κ1) is 11.8. The Morgan fingerprint density at radius 2 is 1.87 bits per heavy atom. The number of hydrogen-bond acceptors (Lipinski definition) is 1. The highest BCUT2D eigenvalue weighted by Gasteiger charge is 2.34. The third-order valence-electron chi connectivity index (χ3n) is 2.06. The van der Waals surface area contributed by atoms with Crippen LogP contribution in [0.3, 0.4) is 0 Å². The van der Waals surface area contributed by atoms with Gasteiger partial charge in [0, 0.05) is 6.07 Å². The number of methoxy groups -OCH3 is 1. The first-order valence-electron chi connectivity index (χ1n) is 4.33. The van der Waals surface area contributed by atoms with E-state index < -0.39 is 17.6 Å². The van der Waals surface area contributed by atoms with Gasteiger partial charge in [-0.1, -0.05) is 6.92 Å². The lowest BCUT2D eigenvalue weighted by molar-refractivity contribution is -0.140. The Bertz CT molecular complexity index is 357. The predicted octanol–water partition coefficient (Wildman–Crippen LogP) is 3.42. The molecule has 0 heterocycles. The molecular formula is C10H10F4O. The standard InChI is InChI=1S/C10H10F4O/c1-3-6-4-7(10(12,13)14)8(11)5-9(6)15-2/h4-5H,3H2,1-2H3. The number of alkyl halides is 3. The van der Waals surface area contributed by atoms with Gasteiger partial charge in [0.2, 0.25) is 0 Å². The molecule has 0 N–H and O–H groups in total. The van der Waals surface area contributed by atoms with E-state index in [-0.39, 0.29) is 5.75 Å². The zero-order chi connectivity index (χ0) is 11.6. The predicted molar refractivity (Wildman–Crippen MR) is 47.3 cm³/mol. The number of rotatable bonds is 2. The molecule has 0 atom stereocenters. The molecule has 1 aromatic carbocycles. The van der Waals surface area contributed by atoms with E-state index in [0.717, 1.165) is 12.1 Å². The number of aryl methyl sites for hydroxylation is 1. The van der Waals surface area contributed by atoms with Gasteiger partial charge in [-0.15, -0.1) is 0 Å². The molecule has 1 rings (SSSR count). The van der Waals surface area contributed by atoms with Crippen molar-refractivity contribution in [2.75, 3.05) is 7.11 Å². The molecule has 15 heavy (non-hydrogen) atoms. The topological polar surface area (TPSA) is 9.23 Å². The van der Waals surface area contributed by atoms with Gasteiger partial charge in [0.05, 0.1) is 12.7 Å². The normalized spacial score (nSPS) is 11.6. The highest BCUT2D eigenvalue weighted by atomic mass is 19.4. The van der Waals surface area contributed by atoms with Crippen LogP contribution in [-0.4, -0.2) is 7.11 Å². The Labute approximate surface area is 84.7 Å². The summed E-state index contributed by atoms with van der Waals surface area (Å²) in [5.74, 6) is -1.17. The third-order valence-corrected chi connectivity index (χ3v) is 2.06. The number of hydrogen-bond donors (Lipinski definition) is 0. The van der Waals surface area contributed by atoms with Crippen molar-refractivity contribution in [1.29, 1.82) is 0 Å². The second kappa shape index (κ2) is 4.08. The van der Waals surface area contributed by atoms with Crippen LogP contribution in [0.5, 0.6) is 5.75 Å².